The number of anilines is 1. The maximum atomic E-state index is 12.0. The molecule has 0 aliphatic rings. The first-order valence-electron chi connectivity index (χ1n) is 7.90. The first kappa shape index (κ1) is 20.1. The number of nitrogens with one attached hydrogen (secondary N) is 1. The van der Waals surface area contributed by atoms with Crippen molar-refractivity contribution in [3.63, 3.8) is 0 Å². The van der Waals surface area contributed by atoms with Crippen molar-refractivity contribution < 1.29 is 19.1 Å². The van der Waals surface area contributed by atoms with E-state index in [1.807, 2.05) is 0 Å². The van der Waals surface area contributed by atoms with E-state index < -0.39 is 0 Å². The second-order valence-electron chi connectivity index (χ2n) is 5.28. The number of rotatable bonds is 9. The molecule has 0 aliphatic carbocycles. The second-order valence-corrected chi connectivity index (χ2v) is 5.69. The Morgan fingerprint density at radius 2 is 1.88 bits per heavy atom. The van der Waals surface area contributed by atoms with Crippen LogP contribution in [0.5, 0.6) is 11.5 Å². The van der Waals surface area contributed by atoms with Gasteiger partial charge in [-0.1, -0.05) is 24.9 Å². The topological polar surface area (TPSA) is 67.9 Å². The summed E-state index contributed by atoms with van der Waals surface area (Å²) in [6, 6.07) is 3.23. The van der Waals surface area contributed by atoms with E-state index in [-0.39, 0.29) is 24.8 Å². The van der Waals surface area contributed by atoms with Gasteiger partial charge in [-0.05, 0) is 6.42 Å². The number of methoxy groups -OCH3 is 2. The van der Waals surface area contributed by atoms with Crippen LogP contribution in [-0.4, -0.2) is 39.1 Å². The van der Waals surface area contributed by atoms with Gasteiger partial charge in [-0.25, -0.2) is 0 Å². The minimum Gasteiger partial charge on any atom is -0.495 e. The van der Waals surface area contributed by atoms with Gasteiger partial charge in [-0.15, -0.1) is 0 Å². The lowest BCUT2D eigenvalue weighted by Crippen LogP contribution is -2.34. The van der Waals surface area contributed by atoms with Gasteiger partial charge in [0.1, 0.15) is 11.5 Å². The molecular formula is C17H25ClN2O4. The Morgan fingerprint density at radius 1 is 1.21 bits per heavy atom. The molecule has 0 aliphatic heterocycles. The van der Waals surface area contributed by atoms with E-state index in [1.165, 1.54) is 26.0 Å². The zero-order valence-corrected chi connectivity index (χ0v) is 15.4. The summed E-state index contributed by atoms with van der Waals surface area (Å²) in [7, 11) is 2.99. The largest absolute Gasteiger partial charge is 0.495 e. The van der Waals surface area contributed by atoms with Gasteiger partial charge in [0, 0.05) is 38.6 Å². The number of nitrogens with zero attached hydrogens (tertiary/aromatic N) is 1. The van der Waals surface area contributed by atoms with Crippen molar-refractivity contribution in [3.8, 4) is 11.5 Å². The van der Waals surface area contributed by atoms with Crippen molar-refractivity contribution in [2.24, 2.45) is 0 Å². The number of halogens is 1. The summed E-state index contributed by atoms with van der Waals surface area (Å²) in [6.07, 6.45) is 2.16. The maximum absolute atomic E-state index is 12.0. The number of hydrogen-bond donors (Lipinski definition) is 1. The van der Waals surface area contributed by atoms with E-state index in [1.54, 1.807) is 12.1 Å². The molecule has 0 atom stereocenters. The highest BCUT2D eigenvalue weighted by atomic mass is 35.5. The van der Waals surface area contributed by atoms with Crippen molar-refractivity contribution in [3.05, 3.63) is 17.2 Å². The summed E-state index contributed by atoms with van der Waals surface area (Å²) in [4.78, 5) is 25.4. The monoisotopic (exact) mass is 356 g/mol. The van der Waals surface area contributed by atoms with Gasteiger partial charge >= 0.3 is 0 Å². The van der Waals surface area contributed by atoms with Gasteiger partial charge in [0.25, 0.3) is 0 Å². The predicted molar refractivity (Wildman–Crippen MR) is 95.1 cm³/mol. The van der Waals surface area contributed by atoms with Crippen LogP contribution in [0.3, 0.4) is 0 Å². The fraction of sp³-hybridized carbons (Fsp3) is 0.529. The van der Waals surface area contributed by atoms with E-state index in [4.69, 9.17) is 21.1 Å². The fourth-order valence-electron chi connectivity index (χ4n) is 2.21. The minimum absolute atomic E-state index is 0.0883. The quantitative estimate of drug-likeness (QED) is 0.690. The Kier molecular flexibility index (Phi) is 8.40. The zero-order chi connectivity index (χ0) is 18.1. The van der Waals surface area contributed by atoms with Gasteiger partial charge < -0.3 is 19.7 Å². The highest BCUT2D eigenvalue weighted by molar-refractivity contribution is 6.32. The number of carbonyl (C=O) groups is 2. The second kappa shape index (κ2) is 10.0. The molecule has 0 heterocycles. The molecule has 24 heavy (non-hydrogen) atoms. The normalized spacial score (nSPS) is 10.2. The van der Waals surface area contributed by atoms with Gasteiger partial charge in [-0.2, -0.15) is 0 Å². The van der Waals surface area contributed by atoms with Gasteiger partial charge in [0.2, 0.25) is 11.8 Å². The van der Waals surface area contributed by atoms with Crippen LogP contribution in [0.2, 0.25) is 5.02 Å². The molecule has 0 aromatic heterocycles. The molecule has 6 nitrogen and oxygen atoms in total. The van der Waals surface area contributed by atoms with E-state index in [0.29, 0.717) is 28.8 Å². The van der Waals surface area contributed by atoms with Crippen LogP contribution in [0.15, 0.2) is 12.1 Å². The number of carbonyl (C=O) groups excluding carboxylic acids is 2. The number of hydrogen-bond acceptors (Lipinski definition) is 4. The average molecular weight is 357 g/mol. The van der Waals surface area contributed by atoms with Crippen molar-refractivity contribution in [1.82, 2.24) is 5.32 Å². The molecule has 134 valence electrons. The number of unbranched alkanes of at least 4 members (excludes halogenated alkanes) is 1. The Morgan fingerprint density at radius 3 is 2.42 bits per heavy atom. The SMILES string of the molecule is CCCCNC(=O)CCN(C(C)=O)c1cc(OC)c(Cl)cc1OC. The van der Waals surface area contributed by atoms with Gasteiger partial charge in [-0.3, -0.25) is 9.59 Å². The Bertz CT molecular complexity index is 578. The molecular weight excluding hydrogens is 332 g/mol. The lowest BCUT2D eigenvalue weighted by molar-refractivity contribution is -0.121. The van der Waals surface area contributed by atoms with Crippen LogP contribution >= 0.6 is 11.6 Å². The molecule has 0 radical (unpaired) electrons. The third-order valence-corrected chi connectivity index (χ3v) is 3.83. The summed E-state index contributed by atoms with van der Waals surface area (Å²) in [5.41, 5.74) is 0.521. The summed E-state index contributed by atoms with van der Waals surface area (Å²) in [5, 5.41) is 3.22. The standard InChI is InChI=1S/C17H25ClN2O4/c1-5-6-8-19-17(22)7-9-20(12(2)21)14-11-15(23-3)13(18)10-16(14)24-4/h10-11H,5-9H2,1-4H3,(H,19,22). The maximum Gasteiger partial charge on any atom is 0.223 e. The molecule has 0 fully saturated rings. The first-order valence-corrected chi connectivity index (χ1v) is 8.28. The molecule has 1 rings (SSSR count). The zero-order valence-electron chi connectivity index (χ0n) is 14.6. The Hall–Kier alpha value is -1.95. The smallest absolute Gasteiger partial charge is 0.223 e. The summed E-state index contributed by atoms with van der Waals surface area (Å²) >= 11 is 6.09. The molecule has 1 N–H and O–H groups in total. The molecule has 7 heteroatoms. The third kappa shape index (κ3) is 5.60. The molecule has 2 amide bonds. The van der Waals surface area contributed by atoms with Crippen LogP contribution in [-0.2, 0) is 9.59 Å². The lowest BCUT2D eigenvalue weighted by Gasteiger charge is -2.24. The summed E-state index contributed by atoms with van der Waals surface area (Å²) in [5.74, 6) is 0.599. The van der Waals surface area contributed by atoms with Crippen LogP contribution in [0.1, 0.15) is 33.1 Å². The molecule has 0 unspecified atom stereocenters. The van der Waals surface area contributed by atoms with E-state index >= 15 is 0 Å². The van der Waals surface area contributed by atoms with Crippen molar-refractivity contribution in [1.29, 1.82) is 0 Å². The third-order valence-electron chi connectivity index (χ3n) is 3.54. The Labute approximate surface area is 148 Å². The predicted octanol–water partition coefficient (Wildman–Crippen LogP) is 3.02. The van der Waals surface area contributed by atoms with Crippen molar-refractivity contribution >= 4 is 29.1 Å². The fourth-order valence-corrected chi connectivity index (χ4v) is 2.44. The first-order chi connectivity index (χ1) is 11.4. The molecule has 0 saturated heterocycles. The molecule has 1 aromatic carbocycles. The highest BCUT2D eigenvalue weighted by Gasteiger charge is 2.20. The van der Waals surface area contributed by atoms with Crippen LogP contribution < -0.4 is 19.7 Å². The van der Waals surface area contributed by atoms with E-state index in [9.17, 15) is 9.59 Å². The van der Waals surface area contributed by atoms with E-state index in [2.05, 4.69) is 12.2 Å². The van der Waals surface area contributed by atoms with E-state index in [0.717, 1.165) is 12.8 Å². The van der Waals surface area contributed by atoms with Crippen LogP contribution in [0.4, 0.5) is 5.69 Å². The number of amides is 2. The number of ether oxygens (including phenoxy) is 2. The van der Waals surface area contributed by atoms with Gasteiger partial charge in [0.15, 0.2) is 0 Å². The minimum atomic E-state index is -0.195. The number of benzene rings is 1. The van der Waals surface area contributed by atoms with Crippen LogP contribution in [0.25, 0.3) is 0 Å². The average Bonchev–Trinajstić information content (AvgIpc) is 2.55. The van der Waals surface area contributed by atoms with Gasteiger partial charge in [0.05, 0.1) is 24.9 Å². The molecule has 0 saturated carbocycles. The Balaban J connectivity index is 2.92. The van der Waals surface area contributed by atoms with Crippen molar-refractivity contribution in [2.45, 2.75) is 33.1 Å². The lowest BCUT2D eigenvalue weighted by atomic mass is 10.2. The summed E-state index contributed by atoms with van der Waals surface area (Å²) < 4.78 is 10.5. The molecule has 0 spiro atoms. The highest BCUT2D eigenvalue weighted by Crippen LogP contribution is 2.38. The van der Waals surface area contributed by atoms with Crippen LogP contribution in [0, 0.1) is 0 Å². The van der Waals surface area contributed by atoms with Crippen molar-refractivity contribution in [2.75, 3.05) is 32.2 Å². The molecule has 0 bridgehead atoms. The summed E-state index contributed by atoms with van der Waals surface area (Å²) in [6.45, 7) is 4.39. The molecule has 1 aromatic rings.